The van der Waals surface area contributed by atoms with E-state index in [0.29, 0.717) is 19.0 Å². The summed E-state index contributed by atoms with van der Waals surface area (Å²) in [6, 6.07) is 5.70. The number of carbonyl (C=O) groups is 1. The largest absolute Gasteiger partial charge is 0.490 e. The highest BCUT2D eigenvalue weighted by Gasteiger charge is 2.11. The third-order valence-corrected chi connectivity index (χ3v) is 3.47. The Hall–Kier alpha value is -1.80. The lowest BCUT2D eigenvalue weighted by molar-refractivity contribution is -0.118. The van der Waals surface area contributed by atoms with Crippen LogP contribution in [0.1, 0.15) is 6.42 Å². The fraction of sp³-hybridized carbons (Fsp3) is 0.357. The van der Waals surface area contributed by atoms with Gasteiger partial charge in [0, 0.05) is 11.3 Å². The van der Waals surface area contributed by atoms with Gasteiger partial charge < -0.3 is 14.8 Å². The van der Waals surface area contributed by atoms with E-state index >= 15 is 0 Å². The maximum absolute atomic E-state index is 11.4. The lowest BCUT2D eigenvalue weighted by atomic mass is 10.3. The van der Waals surface area contributed by atoms with E-state index in [2.05, 4.69) is 11.2 Å². The molecule has 1 aliphatic rings. The van der Waals surface area contributed by atoms with E-state index in [1.54, 1.807) is 0 Å². The van der Waals surface area contributed by atoms with Gasteiger partial charge in [0.25, 0.3) is 0 Å². The third kappa shape index (κ3) is 4.11. The molecule has 0 saturated heterocycles. The molecule has 1 aromatic carbocycles. The summed E-state index contributed by atoms with van der Waals surface area (Å²) in [7, 11) is 0. The molecule has 0 spiro atoms. The summed E-state index contributed by atoms with van der Waals surface area (Å²) in [6.45, 7) is 1.60. The van der Waals surface area contributed by atoms with Crippen molar-refractivity contribution in [2.45, 2.75) is 11.3 Å². The van der Waals surface area contributed by atoms with Crippen LogP contribution in [0.3, 0.4) is 0 Å². The van der Waals surface area contributed by atoms with Gasteiger partial charge in [0.05, 0.1) is 25.5 Å². The Balaban J connectivity index is 1.93. The molecular weight excluding hydrogens is 262 g/mol. The Labute approximate surface area is 116 Å². The van der Waals surface area contributed by atoms with Crippen LogP contribution in [0.4, 0.5) is 0 Å². The Morgan fingerprint density at radius 3 is 2.95 bits per heavy atom. The second-order valence-corrected chi connectivity index (χ2v) is 4.98. The summed E-state index contributed by atoms with van der Waals surface area (Å²) in [4.78, 5) is 12.4. The molecule has 1 N–H and O–H groups in total. The molecule has 1 aromatic rings. The number of benzene rings is 1. The number of thioether (sulfide) groups is 1. The molecule has 1 heterocycles. The van der Waals surface area contributed by atoms with E-state index in [9.17, 15) is 4.79 Å². The number of terminal acetylenes is 1. The first kappa shape index (κ1) is 13.6. The number of hydrogen-bond donors (Lipinski definition) is 1. The van der Waals surface area contributed by atoms with E-state index in [-0.39, 0.29) is 12.5 Å². The zero-order valence-electron chi connectivity index (χ0n) is 10.5. The zero-order valence-corrected chi connectivity index (χ0v) is 11.3. The number of rotatable bonds is 4. The van der Waals surface area contributed by atoms with Crippen molar-refractivity contribution in [3.05, 3.63) is 18.2 Å². The second-order valence-electron chi connectivity index (χ2n) is 3.93. The smallest absolute Gasteiger partial charge is 0.231 e. The van der Waals surface area contributed by atoms with Crippen LogP contribution >= 0.6 is 11.8 Å². The van der Waals surface area contributed by atoms with Crippen LogP contribution in [0.2, 0.25) is 0 Å². The first-order valence-electron chi connectivity index (χ1n) is 6.02. The molecule has 1 amide bonds. The van der Waals surface area contributed by atoms with E-state index in [1.807, 2.05) is 18.2 Å². The van der Waals surface area contributed by atoms with Crippen molar-refractivity contribution in [3.8, 4) is 23.8 Å². The van der Waals surface area contributed by atoms with Crippen LogP contribution < -0.4 is 14.8 Å². The highest BCUT2D eigenvalue weighted by atomic mass is 32.2. The quantitative estimate of drug-likeness (QED) is 0.672. The van der Waals surface area contributed by atoms with Gasteiger partial charge in [-0.3, -0.25) is 4.79 Å². The van der Waals surface area contributed by atoms with Crippen molar-refractivity contribution in [2.24, 2.45) is 0 Å². The predicted molar refractivity (Wildman–Crippen MR) is 74.6 cm³/mol. The molecule has 19 heavy (non-hydrogen) atoms. The van der Waals surface area contributed by atoms with Crippen LogP contribution in [0, 0.1) is 12.3 Å². The molecule has 5 heteroatoms. The second kappa shape index (κ2) is 6.95. The number of amides is 1. The lowest BCUT2D eigenvalue weighted by Crippen LogP contribution is -2.25. The number of nitrogens with one attached hydrogen (secondary N) is 1. The molecule has 0 radical (unpaired) electrons. The standard InChI is InChI=1S/C14H15NO3S/c1-2-6-15-14(16)10-19-11-4-5-12-13(9-11)18-8-3-7-17-12/h1,4-5,9H,3,6-8,10H2,(H,15,16). The van der Waals surface area contributed by atoms with Gasteiger partial charge >= 0.3 is 0 Å². The summed E-state index contributed by atoms with van der Waals surface area (Å²) < 4.78 is 11.1. The van der Waals surface area contributed by atoms with Gasteiger partial charge in [-0.15, -0.1) is 18.2 Å². The molecular formula is C14H15NO3S. The maximum Gasteiger partial charge on any atom is 0.231 e. The maximum atomic E-state index is 11.4. The monoisotopic (exact) mass is 277 g/mol. The molecule has 0 unspecified atom stereocenters. The topological polar surface area (TPSA) is 47.6 Å². The van der Waals surface area contributed by atoms with E-state index in [4.69, 9.17) is 15.9 Å². The summed E-state index contributed by atoms with van der Waals surface area (Å²) in [6.07, 6.45) is 5.95. The minimum atomic E-state index is -0.0740. The Morgan fingerprint density at radius 2 is 2.16 bits per heavy atom. The van der Waals surface area contributed by atoms with Gasteiger partial charge in [-0.25, -0.2) is 0 Å². The minimum absolute atomic E-state index is 0.0740. The van der Waals surface area contributed by atoms with Crippen LogP contribution in [-0.4, -0.2) is 31.4 Å². The van der Waals surface area contributed by atoms with Crippen molar-refractivity contribution < 1.29 is 14.3 Å². The Bertz CT molecular complexity index is 496. The van der Waals surface area contributed by atoms with Crippen LogP contribution in [0.15, 0.2) is 23.1 Å². The number of hydrogen-bond acceptors (Lipinski definition) is 4. The molecule has 0 bridgehead atoms. The van der Waals surface area contributed by atoms with Gasteiger partial charge in [-0.1, -0.05) is 5.92 Å². The molecule has 0 saturated carbocycles. The van der Waals surface area contributed by atoms with Gasteiger partial charge in [0.1, 0.15) is 0 Å². The van der Waals surface area contributed by atoms with Gasteiger partial charge in [-0.2, -0.15) is 0 Å². The highest BCUT2D eigenvalue weighted by Crippen LogP contribution is 2.33. The van der Waals surface area contributed by atoms with Crippen molar-refractivity contribution in [1.82, 2.24) is 5.32 Å². The van der Waals surface area contributed by atoms with Crippen molar-refractivity contribution in [3.63, 3.8) is 0 Å². The van der Waals surface area contributed by atoms with Gasteiger partial charge in [0.15, 0.2) is 11.5 Å². The summed E-state index contributed by atoms with van der Waals surface area (Å²) >= 11 is 1.44. The van der Waals surface area contributed by atoms with Crippen molar-refractivity contribution in [2.75, 3.05) is 25.5 Å². The SMILES string of the molecule is C#CCNC(=O)CSc1ccc2c(c1)OCCCO2. The molecule has 0 fully saturated rings. The average Bonchev–Trinajstić information content (AvgIpc) is 2.67. The van der Waals surface area contributed by atoms with Gasteiger partial charge in [-0.05, 0) is 18.2 Å². The first-order valence-corrected chi connectivity index (χ1v) is 7.01. The average molecular weight is 277 g/mol. The van der Waals surface area contributed by atoms with Gasteiger partial charge in [0.2, 0.25) is 5.91 Å². The van der Waals surface area contributed by atoms with Crippen LogP contribution in [0.5, 0.6) is 11.5 Å². The molecule has 0 aliphatic carbocycles. The normalized spacial score (nSPS) is 13.2. The zero-order chi connectivity index (χ0) is 13.5. The van der Waals surface area contributed by atoms with Crippen molar-refractivity contribution in [1.29, 1.82) is 0 Å². The fourth-order valence-electron chi connectivity index (χ4n) is 1.58. The van der Waals surface area contributed by atoms with E-state index in [1.165, 1.54) is 11.8 Å². The summed E-state index contributed by atoms with van der Waals surface area (Å²) in [5.74, 6) is 4.13. The Kier molecular flexibility index (Phi) is 4.99. The molecule has 4 nitrogen and oxygen atoms in total. The fourth-order valence-corrected chi connectivity index (χ4v) is 2.34. The molecule has 1 aliphatic heterocycles. The first-order chi connectivity index (χ1) is 9.29. The van der Waals surface area contributed by atoms with E-state index < -0.39 is 0 Å². The summed E-state index contributed by atoms with van der Waals surface area (Å²) in [5.41, 5.74) is 0. The third-order valence-electron chi connectivity index (χ3n) is 2.48. The molecule has 2 rings (SSSR count). The lowest BCUT2D eigenvalue weighted by Gasteiger charge is -2.09. The van der Waals surface area contributed by atoms with E-state index in [0.717, 1.165) is 22.8 Å². The predicted octanol–water partition coefficient (Wildman–Crippen LogP) is 1.69. The number of fused-ring (bicyclic) bond motifs is 1. The molecule has 0 atom stereocenters. The molecule has 100 valence electrons. The van der Waals surface area contributed by atoms with Crippen LogP contribution in [0.25, 0.3) is 0 Å². The highest BCUT2D eigenvalue weighted by molar-refractivity contribution is 8.00. The number of carbonyl (C=O) groups excluding carboxylic acids is 1. The minimum Gasteiger partial charge on any atom is -0.490 e. The van der Waals surface area contributed by atoms with Crippen LogP contribution in [-0.2, 0) is 4.79 Å². The summed E-state index contributed by atoms with van der Waals surface area (Å²) in [5, 5.41) is 2.62. The Morgan fingerprint density at radius 1 is 1.37 bits per heavy atom. The van der Waals surface area contributed by atoms with Crippen molar-refractivity contribution >= 4 is 17.7 Å². The molecule has 0 aromatic heterocycles. The number of ether oxygens (including phenoxy) is 2.